The number of imidazole rings is 1. The van der Waals surface area contributed by atoms with Crippen LogP contribution >= 0.6 is 0 Å². The smallest absolute Gasteiger partial charge is 0.111 e. The van der Waals surface area contributed by atoms with E-state index < -0.39 is 0 Å². The molecule has 1 aliphatic rings. The van der Waals surface area contributed by atoms with E-state index in [0.717, 1.165) is 18.9 Å². The minimum Gasteiger partial charge on any atom is -0.394 e. The number of nitrogens with zero attached hydrogens (tertiary/aromatic N) is 2. The maximum Gasteiger partial charge on any atom is 0.111 e. The van der Waals surface area contributed by atoms with Crippen LogP contribution in [-0.4, -0.2) is 33.3 Å². The van der Waals surface area contributed by atoms with Crippen LogP contribution in [0.3, 0.4) is 0 Å². The molecule has 0 spiro atoms. The van der Waals surface area contributed by atoms with E-state index in [-0.39, 0.29) is 12.1 Å². The lowest BCUT2D eigenvalue weighted by atomic mass is 9.93. The number of rotatable bonds is 7. The van der Waals surface area contributed by atoms with E-state index in [0.29, 0.717) is 11.8 Å². The van der Waals surface area contributed by atoms with Gasteiger partial charge >= 0.3 is 0 Å². The van der Waals surface area contributed by atoms with Gasteiger partial charge in [0.1, 0.15) is 5.82 Å². The number of hydrogen-bond donors (Lipinski definition) is 2. The van der Waals surface area contributed by atoms with Crippen LogP contribution in [0.25, 0.3) is 0 Å². The van der Waals surface area contributed by atoms with Crippen molar-refractivity contribution in [3.8, 4) is 0 Å². The Balaban J connectivity index is 2.19. The summed E-state index contributed by atoms with van der Waals surface area (Å²) in [5.41, 5.74) is -0.168. The Hall–Kier alpha value is -0.870. The van der Waals surface area contributed by atoms with Crippen LogP contribution < -0.4 is 5.32 Å². The molecule has 4 heteroatoms. The van der Waals surface area contributed by atoms with E-state index in [1.54, 1.807) is 0 Å². The van der Waals surface area contributed by atoms with E-state index >= 15 is 0 Å². The lowest BCUT2D eigenvalue weighted by Gasteiger charge is -2.34. The molecular weight excluding hydrogens is 226 g/mol. The van der Waals surface area contributed by atoms with Crippen LogP contribution in [0.1, 0.15) is 45.4 Å². The van der Waals surface area contributed by atoms with Crippen molar-refractivity contribution in [2.75, 3.05) is 13.2 Å². The first-order chi connectivity index (χ1) is 8.63. The average molecular weight is 251 g/mol. The van der Waals surface area contributed by atoms with Crippen LogP contribution in [0, 0.1) is 5.92 Å². The standard InChI is InChI=1S/C14H25N3O/c1-4-16-14(10-18,12-5-6-12)9-17-8-7-15-13(17)11(2)3/h7-8,11-12,16,18H,4-6,9-10H2,1-3H3. The molecular formula is C14H25N3O. The van der Waals surface area contributed by atoms with Crippen molar-refractivity contribution in [2.24, 2.45) is 5.92 Å². The predicted octanol–water partition coefficient (Wildman–Crippen LogP) is 1.76. The summed E-state index contributed by atoms with van der Waals surface area (Å²) in [5, 5.41) is 13.4. The van der Waals surface area contributed by atoms with E-state index in [2.05, 4.69) is 35.6 Å². The highest BCUT2D eigenvalue weighted by Gasteiger charge is 2.44. The molecule has 2 N–H and O–H groups in total. The molecule has 1 unspecified atom stereocenters. The number of aliphatic hydroxyl groups excluding tert-OH is 1. The number of likely N-dealkylation sites (N-methyl/N-ethyl adjacent to an activating group) is 1. The second kappa shape index (κ2) is 5.41. The quantitative estimate of drug-likeness (QED) is 0.776. The summed E-state index contributed by atoms with van der Waals surface area (Å²) in [6.07, 6.45) is 6.33. The van der Waals surface area contributed by atoms with E-state index in [1.807, 2.05) is 12.4 Å². The summed E-state index contributed by atoms with van der Waals surface area (Å²) in [5.74, 6) is 2.12. The number of nitrogens with one attached hydrogen (secondary N) is 1. The molecule has 102 valence electrons. The lowest BCUT2D eigenvalue weighted by Crippen LogP contribution is -2.53. The van der Waals surface area contributed by atoms with Gasteiger partial charge in [-0.25, -0.2) is 4.98 Å². The molecule has 1 saturated carbocycles. The van der Waals surface area contributed by atoms with Crippen LogP contribution in [0.5, 0.6) is 0 Å². The minimum absolute atomic E-state index is 0.168. The fourth-order valence-electron chi connectivity index (χ4n) is 2.81. The summed E-state index contributed by atoms with van der Waals surface area (Å²) >= 11 is 0. The summed E-state index contributed by atoms with van der Waals surface area (Å²) in [4.78, 5) is 4.43. The molecule has 0 aromatic carbocycles. The van der Waals surface area contributed by atoms with Gasteiger partial charge in [0.15, 0.2) is 0 Å². The highest BCUT2D eigenvalue weighted by Crippen LogP contribution is 2.40. The molecule has 1 aromatic heterocycles. The van der Waals surface area contributed by atoms with Crippen molar-refractivity contribution < 1.29 is 5.11 Å². The lowest BCUT2D eigenvalue weighted by molar-refractivity contribution is 0.123. The maximum absolute atomic E-state index is 9.85. The molecule has 1 fully saturated rings. The predicted molar refractivity (Wildman–Crippen MR) is 72.5 cm³/mol. The Bertz CT molecular complexity index is 384. The topological polar surface area (TPSA) is 50.1 Å². The van der Waals surface area contributed by atoms with Crippen molar-refractivity contribution in [3.63, 3.8) is 0 Å². The normalized spacial score (nSPS) is 19.2. The van der Waals surface area contributed by atoms with Crippen molar-refractivity contribution in [2.45, 2.75) is 51.6 Å². The van der Waals surface area contributed by atoms with Gasteiger partial charge in [-0.2, -0.15) is 0 Å². The molecule has 1 atom stereocenters. The highest BCUT2D eigenvalue weighted by molar-refractivity contribution is 5.05. The fraction of sp³-hybridized carbons (Fsp3) is 0.786. The molecule has 1 aromatic rings. The van der Waals surface area contributed by atoms with Gasteiger partial charge in [0.2, 0.25) is 0 Å². The molecule has 4 nitrogen and oxygen atoms in total. The Labute approximate surface area is 109 Å². The third-order valence-electron chi connectivity index (χ3n) is 3.89. The molecule has 18 heavy (non-hydrogen) atoms. The van der Waals surface area contributed by atoms with Crippen molar-refractivity contribution >= 4 is 0 Å². The zero-order chi connectivity index (χ0) is 13.2. The second-order valence-corrected chi connectivity index (χ2v) is 5.69. The fourth-order valence-corrected chi connectivity index (χ4v) is 2.81. The second-order valence-electron chi connectivity index (χ2n) is 5.69. The molecule has 1 heterocycles. The van der Waals surface area contributed by atoms with Gasteiger partial charge in [0.25, 0.3) is 0 Å². The largest absolute Gasteiger partial charge is 0.394 e. The first kappa shape index (κ1) is 13.6. The van der Waals surface area contributed by atoms with Crippen molar-refractivity contribution in [1.29, 1.82) is 0 Å². The monoisotopic (exact) mass is 251 g/mol. The van der Waals surface area contributed by atoms with Crippen LogP contribution in [0.2, 0.25) is 0 Å². The number of aromatic nitrogens is 2. The maximum atomic E-state index is 9.85. The first-order valence-electron chi connectivity index (χ1n) is 7.00. The van der Waals surface area contributed by atoms with Gasteiger partial charge in [0, 0.05) is 24.9 Å². The van der Waals surface area contributed by atoms with Crippen molar-refractivity contribution in [3.05, 3.63) is 18.2 Å². The zero-order valence-electron chi connectivity index (χ0n) is 11.7. The summed E-state index contributed by atoms with van der Waals surface area (Å²) < 4.78 is 2.20. The van der Waals surface area contributed by atoms with Gasteiger partial charge in [-0.15, -0.1) is 0 Å². The molecule has 1 aliphatic carbocycles. The van der Waals surface area contributed by atoms with Gasteiger partial charge in [-0.3, -0.25) is 0 Å². The molecule has 0 aliphatic heterocycles. The summed E-state index contributed by atoms with van der Waals surface area (Å²) in [7, 11) is 0. The Morgan fingerprint density at radius 2 is 2.28 bits per heavy atom. The molecule has 0 bridgehead atoms. The first-order valence-corrected chi connectivity index (χ1v) is 7.00. The van der Waals surface area contributed by atoms with Crippen LogP contribution in [0.15, 0.2) is 12.4 Å². The number of hydrogen-bond acceptors (Lipinski definition) is 3. The highest BCUT2D eigenvalue weighted by atomic mass is 16.3. The SMILES string of the molecule is CCNC(CO)(Cn1ccnc1C(C)C)C1CC1. The Kier molecular flexibility index (Phi) is 4.07. The van der Waals surface area contributed by atoms with Gasteiger partial charge < -0.3 is 15.0 Å². The number of aliphatic hydroxyl groups is 1. The Morgan fingerprint density at radius 3 is 2.78 bits per heavy atom. The summed E-state index contributed by atoms with van der Waals surface area (Å²) in [6, 6.07) is 0. The average Bonchev–Trinajstić information content (AvgIpc) is 3.09. The third-order valence-corrected chi connectivity index (χ3v) is 3.89. The third kappa shape index (κ3) is 2.59. The van der Waals surface area contributed by atoms with Crippen LogP contribution in [-0.2, 0) is 6.54 Å². The molecule has 0 saturated heterocycles. The molecule has 2 rings (SSSR count). The Morgan fingerprint density at radius 1 is 1.56 bits per heavy atom. The summed E-state index contributed by atoms with van der Waals surface area (Å²) in [6.45, 7) is 8.32. The zero-order valence-corrected chi connectivity index (χ0v) is 11.7. The van der Waals surface area contributed by atoms with Crippen molar-refractivity contribution in [1.82, 2.24) is 14.9 Å². The van der Waals surface area contributed by atoms with Gasteiger partial charge in [-0.1, -0.05) is 20.8 Å². The minimum atomic E-state index is -0.168. The van der Waals surface area contributed by atoms with Crippen LogP contribution in [0.4, 0.5) is 0 Å². The van der Waals surface area contributed by atoms with E-state index in [1.165, 1.54) is 12.8 Å². The molecule has 0 amide bonds. The van der Waals surface area contributed by atoms with Gasteiger partial charge in [-0.05, 0) is 25.3 Å². The molecule has 0 radical (unpaired) electrons. The van der Waals surface area contributed by atoms with E-state index in [9.17, 15) is 5.11 Å². The van der Waals surface area contributed by atoms with Gasteiger partial charge in [0.05, 0.1) is 12.1 Å². The van der Waals surface area contributed by atoms with E-state index in [4.69, 9.17) is 0 Å².